The maximum absolute atomic E-state index is 12.4. The SMILES string of the molecule is CCNC(=O)N1CCN(C(=O)c2cccc(C)c2)CC1. The molecule has 1 aromatic rings. The molecule has 2 rings (SSSR count). The number of rotatable bonds is 2. The quantitative estimate of drug-likeness (QED) is 0.889. The summed E-state index contributed by atoms with van der Waals surface area (Å²) in [6, 6.07) is 7.57. The van der Waals surface area contributed by atoms with Gasteiger partial charge in [0.1, 0.15) is 0 Å². The second-order valence-corrected chi connectivity index (χ2v) is 4.98. The van der Waals surface area contributed by atoms with Crippen molar-refractivity contribution >= 4 is 11.9 Å². The molecular weight excluding hydrogens is 254 g/mol. The molecule has 0 atom stereocenters. The van der Waals surface area contributed by atoms with E-state index < -0.39 is 0 Å². The van der Waals surface area contributed by atoms with Gasteiger partial charge in [0.25, 0.3) is 5.91 Å². The minimum Gasteiger partial charge on any atom is -0.338 e. The zero-order chi connectivity index (χ0) is 14.5. The summed E-state index contributed by atoms with van der Waals surface area (Å²) in [7, 11) is 0. The number of carbonyl (C=O) groups is 2. The summed E-state index contributed by atoms with van der Waals surface area (Å²) in [5.74, 6) is 0.0456. The Balaban J connectivity index is 1.93. The van der Waals surface area contributed by atoms with Gasteiger partial charge >= 0.3 is 6.03 Å². The monoisotopic (exact) mass is 275 g/mol. The lowest BCUT2D eigenvalue weighted by molar-refractivity contribution is 0.0665. The first-order valence-electron chi connectivity index (χ1n) is 7.00. The second kappa shape index (κ2) is 6.41. The third kappa shape index (κ3) is 3.29. The molecule has 0 aromatic heterocycles. The van der Waals surface area contributed by atoms with Crippen molar-refractivity contribution in [1.82, 2.24) is 15.1 Å². The lowest BCUT2D eigenvalue weighted by atomic mass is 10.1. The van der Waals surface area contributed by atoms with E-state index in [0.29, 0.717) is 32.7 Å². The average Bonchev–Trinajstić information content (AvgIpc) is 2.47. The molecule has 1 aromatic carbocycles. The van der Waals surface area contributed by atoms with Crippen LogP contribution in [0.4, 0.5) is 4.79 Å². The summed E-state index contributed by atoms with van der Waals surface area (Å²) in [6.45, 7) is 6.85. The molecule has 0 unspecified atom stereocenters. The fourth-order valence-electron chi connectivity index (χ4n) is 2.34. The number of piperazine rings is 1. The molecule has 0 radical (unpaired) electrons. The summed E-state index contributed by atoms with van der Waals surface area (Å²) < 4.78 is 0. The summed E-state index contributed by atoms with van der Waals surface area (Å²) in [5.41, 5.74) is 1.80. The van der Waals surface area contributed by atoms with Crippen molar-refractivity contribution in [3.8, 4) is 0 Å². The summed E-state index contributed by atoms with van der Waals surface area (Å²) in [6.07, 6.45) is 0. The highest BCUT2D eigenvalue weighted by atomic mass is 16.2. The van der Waals surface area contributed by atoms with E-state index in [1.807, 2.05) is 43.0 Å². The van der Waals surface area contributed by atoms with Crippen LogP contribution in [0.1, 0.15) is 22.8 Å². The second-order valence-electron chi connectivity index (χ2n) is 4.98. The zero-order valence-electron chi connectivity index (χ0n) is 12.1. The number of nitrogens with one attached hydrogen (secondary N) is 1. The number of aryl methyl sites for hydroxylation is 1. The van der Waals surface area contributed by atoms with Crippen molar-refractivity contribution < 1.29 is 9.59 Å². The molecule has 0 saturated carbocycles. The highest BCUT2D eigenvalue weighted by molar-refractivity contribution is 5.94. The van der Waals surface area contributed by atoms with Crippen LogP contribution in [0.3, 0.4) is 0 Å². The maximum Gasteiger partial charge on any atom is 0.317 e. The van der Waals surface area contributed by atoms with Crippen LogP contribution in [0.2, 0.25) is 0 Å². The summed E-state index contributed by atoms with van der Waals surface area (Å²) in [4.78, 5) is 27.6. The maximum atomic E-state index is 12.4. The minimum absolute atomic E-state index is 0.0456. The van der Waals surface area contributed by atoms with Gasteiger partial charge < -0.3 is 15.1 Å². The van der Waals surface area contributed by atoms with Crippen molar-refractivity contribution in [3.63, 3.8) is 0 Å². The molecular formula is C15H21N3O2. The molecule has 5 nitrogen and oxygen atoms in total. The van der Waals surface area contributed by atoms with E-state index in [0.717, 1.165) is 11.1 Å². The Labute approximate surface area is 119 Å². The Morgan fingerprint density at radius 1 is 1.15 bits per heavy atom. The Morgan fingerprint density at radius 3 is 2.40 bits per heavy atom. The van der Waals surface area contributed by atoms with Crippen molar-refractivity contribution in [1.29, 1.82) is 0 Å². The molecule has 1 aliphatic heterocycles. The largest absolute Gasteiger partial charge is 0.338 e. The Kier molecular flexibility index (Phi) is 4.61. The van der Waals surface area contributed by atoms with E-state index in [-0.39, 0.29) is 11.9 Å². The van der Waals surface area contributed by atoms with Gasteiger partial charge in [-0.05, 0) is 26.0 Å². The number of amides is 3. The van der Waals surface area contributed by atoms with Crippen molar-refractivity contribution in [2.75, 3.05) is 32.7 Å². The molecule has 1 N–H and O–H groups in total. The van der Waals surface area contributed by atoms with Crippen LogP contribution in [-0.2, 0) is 0 Å². The Bertz CT molecular complexity index is 494. The van der Waals surface area contributed by atoms with Crippen LogP contribution in [0.15, 0.2) is 24.3 Å². The van der Waals surface area contributed by atoms with Gasteiger partial charge in [0.05, 0.1) is 0 Å². The molecule has 5 heteroatoms. The number of benzene rings is 1. The lowest BCUT2D eigenvalue weighted by Gasteiger charge is -2.34. The predicted molar refractivity (Wildman–Crippen MR) is 77.7 cm³/mol. The van der Waals surface area contributed by atoms with E-state index in [2.05, 4.69) is 5.32 Å². The van der Waals surface area contributed by atoms with E-state index >= 15 is 0 Å². The summed E-state index contributed by atoms with van der Waals surface area (Å²) >= 11 is 0. The van der Waals surface area contributed by atoms with Crippen LogP contribution >= 0.6 is 0 Å². The van der Waals surface area contributed by atoms with E-state index in [4.69, 9.17) is 0 Å². The van der Waals surface area contributed by atoms with Crippen molar-refractivity contribution in [2.24, 2.45) is 0 Å². The minimum atomic E-state index is -0.0462. The van der Waals surface area contributed by atoms with Gasteiger partial charge in [-0.1, -0.05) is 17.7 Å². The first-order valence-corrected chi connectivity index (χ1v) is 7.00. The first-order chi connectivity index (χ1) is 9.61. The normalized spacial score (nSPS) is 15.1. The summed E-state index contributed by atoms with van der Waals surface area (Å²) in [5, 5.41) is 2.78. The molecule has 20 heavy (non-hydrogen) atoms. The molecule has 108 valence electrons. The number of urea groups is 1. The Morgan fingerprint density at radius 2 is 1.80 bits per heavy atom. The highest BCUT2D eigenvalue weighted by Gasteiger charge is 2.24. The molecule has 0 bridgehead atoms. The molecule has 1 fully saturated rings. The third-order valence-electron chi connectivity index (χ3n) is 3.45. The number of hydrogen-bond acceptors (Lipinski definition) is 2. The van der Waals surface area contributed by atoms with Gasteiger partial charge in [-0.15, -0.1) is 0 Å². The van der Waals surface area contributed by atoms with E-state index in [1.165, 1.54) is 0 Å². The van der Waals surface area contributed by atoms with Crippen LogP contribution in [0, 0.1) is 6.92 Å². The Hall–Kier alpha value is -2.04. The molecule has 1 heterocycles. The molecule has 0 spiro atoms. The number of hydrogen-bond donors (Lipinski definition) is 1. The van der Waals surface area contributed by atoms with Gasteiger partial charge in [0, 0.05) is 38.3 Å². The van der Waals surface area contributed by atoms with Crippen molar-refractivity contribution in [2.45, 2.75) is 13.8 Å². The zero-order valence-corrected chi connectivity index (χ0v) is 12.1. The molecule has 1 aliphatic rings. The lowest BCUT2D eigenvalue weighted by Crippen LogP contribution is -2.53. The predicted octanol–water partition coefficient (Wildman–Crippen LogP) is 1.48. The molecule has 0 aliphatic carbocycles. The van der Waals surface area contributed by atoms with Crippen LogP contribution < -0.4 is 5.32 Å². The van der Waals surface area contributed by atoms with Gasteiger partial charge in [0.2, 0.25) is 0 Å². The standard InChI is InChI=1S/C15H21N3O2/c1-3-16-15(20)18-9-7-17(8-10-18)14(19)13-6-4-5-12(2)11-13/h4-6,11H,3,7-10H2,1-2H3,(H,16,20). The van der Waals surface area contributed by atoms with Crippen molar-refractivity contribution in [3.05, 3.63) is 35.4 Å². The van der Waals surface area contributed by atoms with E-state index in [9.17, 15) is 9.59 Å². The third-order valence-corrected chi connectivity index (χ3v) is 3.45. The molecule has 3 amide bonds. The fourth-order valence-corrected chi connectivity index (χ4v) is 2.34. The van der Waals surface area contributed by atoms with Crippen LogP contribution in [0.25, 0.3) is 0 Å². The number of nitrogens with zero attached hydrogens (tertiary/aromatic N) is 2. The van der Waals surface area contributed by atoms with Gasteiger partial charge in [-0.25, -0.2) is 4.79 Å². The van der Waals surface area contributed by atoms with Gasteiger partial charge in [0.15, 0.2) is 0 Å². The van der Waals surface area contributed by atoms with Crippen LogP contribution in [0.5, 0.6) is 0 Å². The topological polar surface area (TPSA) is 52.7 Å². The van der Waals surface area contributed by atoms with E-state index in [1.54, 1.807) is 4.90 Å². The van der Waals surface area contributed by atoms with Gasteiger partial charge in [-0.2, -0.15) is 0 Å². The average molecular weight is 275 g/mol. The van der Waals surface area contributed by atoms with Crippen LogP contribution in [-0.4, -0.2) is 54.5 Å². The number of carbonyl (C=O) groups excluding carboxylic acids is 2. The fraction of sp³-hybridized carbons (Fsp3) is 0.467. The smallest absolute Gasteiger partial charge is 0.317 e. The highest BCUT2D eigenvalue weighted by Crippen LogP contribution is 2.10. The first kappa shape index (κ1) is 14.4. The molecule has 1 saturated heterocycles. The van der Waals surface area contributed by atoms with Gasteiger partial charge in [-0.3, -0.25) is 4.79 Å².